The molecule has 0 atom stereocenters. The Labute approximate surface area is 78.6 Å². The summed E-state index contributed by atoms with van der Waals surface area (Å²) in [6.45, 7) is 6.12. The zero-order valence-electron chi connectivity index (χ0n) is 8.26. The molecular formula is C9H17NO3. The van der Waals surface area contributed by atoms with Gasteiger partial charge in [-0.2, -0.15) is 0 Å². The molecule has 0 bridgehead atoms. The highest BCUT2D eigenvalue weighted by Gasteiger charge is 2.33. The molecule has 1 rings (SSSR count). The summed E-state index contributed by atoms with van der Waals surface area (Å²) in [6, 6.07) is 0. The molecule has 0 unspecified atom stereocenters. The van der Waals surface area contributed by atoms with Crippen molar-refractivity contribution in [3.63, 3.8) is 0 Å². The van der Waals surface area contributed by atoms with Crippen molar-refractivity contribution >= 4 is 5.97 Å². The molecule has 76 valence electrons. The van der Waals surface area contributed by atoms with E-state index in [2.05, 4.69) is 5.32 Å². The normalized spacial score (nSPS) is 19.2. The van der Waals surface area contributed by atoms with Crippen LogP contribution in [-0.2, 0) is 14.3 Å². The summed E-state index contributed by atoms with van der Waals surface area (Å²) in [5.41, 5.74) is -0.161. The number of esters is 1. The smallest absolute Gasteiger partial charge is 0.332 e. The lowest BCUT2D eigenvalue weighted by Gasteiger charge is -2.38. The molecule has 0 aliphatic carbocycles. The van der Waals surface area contributed by atoms with E-state index in [1.54, 1.807) is 0 Å². The molecule has 0 amide bonds. The predicted molar refractivity (Wildman–Crippen MR) is 48.5 cm³/mol. The Bertz CT molecular complexity index is 178. The molecule has 1 aliphatic rings. The van der Waals surface area contributed by atoms with E-state index in [-0.39, 0.29) is 18.2 Å². The molecule has 13 heavy (non-hydrogen) atoms. The van der Waals surface area contributed by atoms with Gasteiger partial charge in [0.1, 0.15) is 6.61 Å². The van der Waals surface area contributed by atoms with Crippen LogP contribution in [0.25, 0.3) is 0 Å². The third kappa shape index (κ3) is 3.32. The number of carbonyl (C=O) groups is 1. The second-order valence-electron chi connectivity index (χ2n) is 3.56. The third-order valence-electron chi connectivity index (χ3n) is 2.00. The van der Waals surface area contributed by atoms with Crippen LogP contribution in [0.1, 0.15) is 20.3 Å². The van der Waals surface area contributed by atoms with Gasteiger partial charge in [0, 0.05) is 13.1 Å². The fraction of sp³-hybridized carbons (Fsp3) is 0.889. The van der Waals surface area contributed by atoms with Gasteiger partial charge < -0.3 is 14.8 Å². The molecule has 0 aromatic heterocycles. The van der Waals surface area contributed by atoms with E-state index < -0.39 is 0 Å². The minimum absolute atomic E-state index is 0.0676. The molecule has 1 aliphatic heterocycles. The number of nitrogens with one attached hydrogen (secondary N) is 1. The van der Waals surface area contributed by atoms with Crippen molar-refractivity contribution in [1.82, 2.24) is 5.32 Å². The fourth-order valence-corrected chi connectivity index (χ4v) is 1.07. The maximum Gasteiger partial charge on any atom is 0.332 e. The summed E-state index contributed by atoms with van der Waals surface area (Å²) >= 11 is 0. The highest BCUT2D eigenvalue weighted by atomic mass is 16.6. The number of hydrogen-bond acceptors (Lipinski definition) is 4. The van der Waals surface area contributed by atoms with Gasteiger partial charge in [0.25, 0.3) is 0 Å². The molecular weight excluding hydrogens is 170 g/mol. The van der Waals surface area contributed by atoms with E-state index in [0.717, 1.165) is 19.5 Å². The molecule has 1 fully saturated rings. The van der Waals surface area contributed by atoms with E-state index in [0.29, 0.717) is 6.61 Å². The van der Waals surface area contributed by atoms with E-state index in [1.165, 1.54) is 0 Å². The average molecular weight is 187 g/mol. The Morgan fingerprint density at radius 3 is 2.69 bits per heavy atom. The van der Waals surface area contributed by atoms with Crippen LogP contribution in [0, 0.1) is 0 Å². The van der Waals surface area contributed by atoms with Crippen molar-refractivity contribution in [2.75, 3.05) is 26.3 Å². The first-order chi connectivity index (χ1) is 6.16. The number of rotatable bonds is 5. The van der Waals surface area contributed by atoms with Crippen LogP contribution in [-0.4, -0.2) is 37.9 Å². The molecule has 4 heteroatoms. The Morgan fingerprint density at radius 1 is 1.54 bits per heavy atom. The van der Waals surface area contributed by atoms with Gasteiger partial charge in [0.05, 0.1) is 12.2 Å². The van der Waals surface area contributed by atoms with Gasteiger partial charge in [0.15, 0.2) is 0 Å². The van der Waals surface area contributed by atoms with Crippen LogP contribution < -0.4 is 5.32 Å². The number of hydrogen-bond donors (Lipinski definition) is 1. The molecule has 0 radical (unpaired) electrons. The van der Waals surface area contributed by atoms with E-state index in [1.807, 2.05) is 13.8 Å². The van der Waals surface area contributed by atoms with Gasteiger partial charge >= 0.3 is 5.97 Å². The molecule has 1 saturated heterocycles. The maximum atomic E-state index is 11.0. The quantitative estimate of drug-likeness (QED) is 0.630. The largest absolute Gasteiger partial charge is 0.464 e. The van der Waals surface area contributed by atoms with Crippen LogP contribution in [0.15, 0.2) is 0 Å². The lowest BCUT2D eigenvalue weighted by molar-refractivity contribution is -0.158. The predicted octanol–water partition coefficient (Wildman–Crippen LogP) is 0.318. The Morgan fingerprint density at radius 2 is 2.23 bits per heavy atom. The zero-order chi connectivity index (χ0) is 9.73. The molecule has 1 heterocycles. The minimum atomic E-state index is -0.269. The summed E-state index contributed by atoms with van der Waals surface area (Å²) in [6.07, 6.45) is 0.852. The van der Waals surface area contributed by atoms with E-state index in [4.69, 9.17) is 9.47 Å². The Kier molecular flexibility index (Phi) is 3.69. The third-order valence-corrected chi connectivity index (χ3v) is 2.00. The topological polar surface area (TPSA) is 47.6 Å². The van der Waals surface area contributed by atoms with Crippen molar-refractivity contribution in [2.24, 2.45) is 0 Å². The van der Waals surface area contributed by atoms with Crippen LogP contribution in [0.4, 0.5) is 0 Å². The van der Waals surface area contributed by atoms with Crippen molar-refractivity contribution in [3.8, 4) is 0 Å². The lowest BCUT2D eigenvalue weighted by atomic mass is 10.0. The first kappa shape index (κ1) is 10.5. The van der Waals surface area contributed by atoms with Gasteiger partial charge in [-0.15, -0.1) is 0 Å². The summed E-state index contributed by atoms with van der Waals surface area (Å²) in [5, 5.41) is 3.09. The van der Waals surface area contributed by atoms with E-state index in [9.17, 15) is 4.79 Å². The van der Waals surface area contributed by atoms with Gasteiger partial charge in [-0.1, -0.05) is 6.92 Å². The number of ether oxygens (including phenoxy) is 2. The standard InChI is InChI=1S/C9H17NO3/c1-3-4-12-8(11)5-13-9(2)6-10-7-9/h10H,3-7H2,1-2H3. The average Bonchev–Trinajstić information content (AvgIpc) is 2.08. The number of carbonyl (C=O) groups excluding carboxylic acids is 1. The van der Waals surface area contributed by atoms with Gasteiger partial charge in [-0.05, 0) is 13.3 Å². The first-order valence-electron chi connectivity index (χ1n) is 4.66. The van der Waals surface area contributed by atoms with Crippen molar-refractivity contribution in [3.05, 3.63) is 0 Å². The summed E-state index contributed by atoms with van der Waals surface area (Å²) < 4.78 is 10.3. The summed E-state index contributed by atoms with van der Waals surface area (Å²) in [7, 11) is 0. The van der Waals surface area contributed by atoms with Gasteiger partial charge in [-0.3, -0.25) is 0 Å². The van der Waals surface area contributed by atoms with Gasteiger partial charge in [0.2, 0.25) is 0 Å². The molecule has 0 aromatic carbocycles. The van der Waals surface area contributed by atoms with Gasteiger partial charge in [-0.25, -0.2) is 4.79 Å². The minimum Gasteiger partial charge on any atom is -0.464 e. The van der Waals surface area contributed by atoms with Crippen LogP contribution >= 0.6 is 0 Å². The monoisotopic (exact) mass is 187 g/mol. The molecule has 0 spiro atoms. The van der Waals surface area contributed by atoms with Crippen LogP contribution in [0.2, 0.25) is 0 Å². The molecule has 0 aromatic rings. The maximum absolute atomic E-state index is 11.0. The second kappa shape index (κ2) is 4.58. The summed E-state index contributed by atoms with van der Waals surface area (Å²) in [5.74, 6) is -0.269. The van der Waals surface area contributed by atoms with Crippen molar-refractivity contribution in [2.45, 2.75) is 25.9 Å². The van der Waals surface area contributed by atoms with Crippen molar-refractivity contribution < 1.29 is 14.3 Å². The highest BCUT2D eigenvalue weighted by Crippen LogP contribution is 2.14. The first-order valence-corrected chi connectivity index (χ1v) is 4.66. The van der Waals surface area contributed by atoms with Crippen LogP contribution in [0.3, 0.4) is 0 Å². The Balaban J connectivity index is 2.07. The zero-order valence-corrected chi connectivity index (χ0v) is 8.26. The SMILES string of the molecule is CCCOC(=O)COC1(C)CNC1. The Hall–Kier alpha value is -0.610. The molecule has 1 N–H and O–H groups in total. The van der Waals surface area contributed by atoms with Crippen LogP contribution in [0.5, 0.6) is 0 Å². The fourth-order valence-electron chi connectivity index (χ4n) is 1.07. The molecule has 0 saturated carbocycles. The van der Waals surface area contributed by atoms with E-state index >= 15 is 0 Å². The highest BCUT2D eigenvalue weighted by molar-refractivity contribution is 5.70. The van der Waals surface area contributed by atoms with Crippen molar-refractivity contribution in [1.29, 1.82) is 0 Å². The summed E-state index contributed by atoms with van der Waals surface area (Å²) in [4.78, 5) is 11.0. The lowest BCUT2D eigenvalue weighted by Crippen LogP contribution is -2.59. The molecule has 4 nitrogen and oxygen atoms in total. The second-order valence-corrected chi connectivity index (χ2v) is 3.56.